The average molecular weight is 406 g/mol. The Bertz CT molecular complexity index is 860. The first kappa shape index (κ1) is 19.4. The van der Waals surface area contributed by atoms with Crippen LogP contribution in [0.5, 0.6) is 0 Å². The van der Waals surface area contributed by atoms with Gasteiger partial charge >= 0.3 is 0 Å². The van der Waals surface area contributed by atoms with Gasteiger partial charge in [-0.15, -0.1) is 0 Å². The maximum Gasteiger partial charge on any atom is 0.254 e. The Morgan fingerprint density at radius 2 is 1.68 bits per heavy atom. The Kier molecular flexibility index (Phi) is 5.42. The summed E-state index contributed by atoms with van der Waals surface area (Å²) >= 11 is 0. The van der Waals surface area contributed by atoms with Gasteiger partial charge in [0.25, 0.3) is 5.91 Å². The van der Waals surface area contributed by atoms with E-state index in [1.807, 2.05) is 4.90 Å². The van der Waals surface area contributed by atoms with Crippen molar-refractivity contribution in [2.75, 3.05) is 19.6 Å². The smallest absolute Gasteiger partial charge is 0.254 e. The quantitative estimate of drug-likeness (QED) is 0.808. The third-order valence-corrected chi connectivity index (χ3v) is 7.28. The van der Waals surface area contributed by atoms with Gasteiger partial charge < -0.3 is 9.80 Å². The molecule has 1 aromatic carbocycles. The zero-order valence-electron chi connectivity index (χ0n) is 16.0. The van der Waals surface area contributed by atoms with Crippen molar-refractivity contribution in [2.24, 2.45) is 0 Å². The molecule has 1 N–H and O–H groups in total. The van der Waals surface area contributed by atoms with Gasteiger partial charge in [-0.25, -0.2) is 13.1 Å². The molecule has 4 rings (SSSR count). The number of sulfonamides is 1. The van der Waals surface area contributed by atoms with Crippen molar-refractivity contribution in [1.82, 2.24) is 14.5 Å². The molecule has 28 heavy (non-hydrogen) atoms. The number of likely N-dealkylation sites (tertiary alicyclic amines) is 2. The molecule has 1 aliphatic carbocycles. The van der Waals surface area contributed by atoms with Crippen LogP contribution in [-0.2, 0) is 14.8 Å². The van der Waals surface area contributed by atoms with Gasteiger partial charge in [-0.05, 0) is 63.1 Å². The fraction of sp³-hybridized carbons (Fsp3) is 0.600. The minimum atomic E-state index is -3.62. The first-order chi connectivity index (χ1) is 13.5. The number of carbonyl (C=O) groups excluding carboxylic acids is 2. The van der Waals surface area contributed by atoms with E-state index in [4.69, 9.17) is 0 Å². The Morgan fingerprint density at radius 3 is 2.39 bits per heavy atom. The number of nitrogens with one attached hydrogen (secondary N) is 1. The summed E-state index contributed by atoms with van der Waals surface area (Å²) in [7, 11) is -3.62. The zero-order valence-corrected chi connectivity index (χ0v) is 16.8. The van der Waals surface area contributed by atoms with Crippen molar-refractivity contribution >= 4 is 21.8 Å². The molecule has 3 aliphatic rings. The van der Waals surface area contributed by atoms with Crippen LogP contribution in [0.15, 0.2) is 29.2 Å². The highest BCUT2D eigenvalue weighted by atomic mass is 32.2. The number of rotatable bonds is 5. The van der Waals surface area contributed by atoms with Gasteiger partial charge in [0.2, 0.25) is 15.9 Å². The summed E-state index contributed by atoms with van der Waals surface area (Å²) in [5, 5.41) is 0. The van der Waals surface area contributed by atoms with Crippen LogP contribution in [-0.4, -0.2) is 61.7 Å². The van der Waals surface area contributed by atoms with Crippen LogP contribution in [0.25, 0.3) is 0 Å². The summed E-state index contributed by atoms with van der Waals surface area (Å²) < 4.78 is 27.6. The number of nitrogens with zero attached hydrogens (tertiary/aromatic N) is 2. The van der Waals surface area contributed by atoms with Crippen molar-refractivity contribution in [2.45, 2.75) is 61.9 Å². The van der Waals surface area contributed by atoms with E-state index in [9.17, 15) is 18.0 Å². The molecule has 2 aliphatic heterocycles. The Hall–Kier alpha value is -1.93. The molecule has 0 bridgehead atoms. The number of carbonyl (C=O) groups is 2. The molecule has 1 unspecified atom stereocenters. The van der Waals surface area contributed by atoms with Crippen LogP contribution < -0.4 is 4.72 Å². The number of amides is 2. The second-order valence-electron chi connectivity index (χ2n) is 7.97. The van der Waals surface area contributed by atoms with E-state index in [2.05, 4.69) is 4.72 Å². The number of hydrogen-bond acceptors (Lipinski definition) is 4. The largest absolute Gasteiger partial charge is 0.341 e. The summed E-state index contributed by atoms with van der Waals surface area (Å²) in [6.45, 7) is 2.05. The summed E-state index contributed by atoms with van der Waals surface area (Å²) in [5.41, 5.74) is 0.319. The lowest BCUT2D eigenvalue weighted by Crippen LogP contribution is -2.52. The molecule has 152 valence electrons. The summed E-state index contributed by atoms with van der Waals surface area (Å²) in [6.07, 6.45) is 6.19. The number of hydrogen-bond donors (Lipinski definition) is 1. The maximum absolute atomic E-state index is 13.2. The van der Waals surface area contributed by atoms with Crippen molar-refractivity contribution in [3.05, 3.63) is 29.8 Å². The monoisotopic (exact) mass is 405 g/mol. The molecule has 1 atom stereocenters. The maximum atomic E-state index is 13.2. The lowest BCUT2D eigenvalue weighted by molar-refractivity contribution is -0.136. The highest BCUT2D eigenvalue weighted by molar-refractivity contribution is 7.89. The molecule has 0 radical (unpaired) electrons. The highest BCUT2D eigenvalue weighted by Gasteiger charge is 2.36. The fourth-order valence-electron chi connectivity index (χ4n) is 4.03. The van der Waals surface area contributed by atoms with Gasteiger partial charge in [0.05, 0.1) is 4.90 Å². The van der Waals surface area contributed by atoms with E-state index >= 15 is 0 Å². The van der Waals surface area contributed by atoms with Crippen LogP contribution in [0.3, 0.4) is 0 Å². The zero-order chi connectivity index (χ0) is 19.7. The molecular formula is C20H27N3O4S. The molecular weight excluding hydrogens is 378 g/mol. The van der Waals surface area contributed by atoms with Crippen molar-refractivity contribution in [1.29, 1.82) is 0 Å². The summed E-state index contributed by atoms with van der Waals surface area (Å²) in [6, 6.07) is 5.72. The van der Waals surface area contributed by atoms with Crippen LogP contribution in [0.2, 0.25) is 0 Å². The Balaban J connectivity index is 1.55. The third kappa shape index (κ3) is 4.07. The molecule has 7 nitrogen and oxygen atoms in total. The molecule has 2 amide bonds. The van der Waals surface area contributed by atoms with Gasteiger partial charge in [-0.3, -0.25) is 9.59 Å². The molecule has 1 saturated carbocycles. The van der Waals surface area contributed by atoms with Crippen LogP contribution in [0.1, 0.15) is 55.3 Å². The fourth-order valence-corrected chi connectivity index (χ4v) is 5.38. The molecule has 2 saturated heterocycles. The van der Waals surface area contributed by atoms with E-state index in [0.29, 0.717) is 18.5 Å². The average Bonchev–Trinajstić information content (AvgIpc) is 3.33. The second kappa shape index (κ2) is 7.83. The van der Waals surface area contributed by atoms with Crippen LogP contribution in [0.4, 0.5) is 0 Å². The van der Waals surface area contributed by atoms with E-state index < -0.39 is 16.1 Å². The number of piperidine rings is 1. The van der Waals surface area contributed by atoms with Crippen molar-refractivity contribution in [3.8, 4) is 0 Å². The minimum absolute atomic E-state index is 0.00825. The van der Waals surface area contributed by atoms with Gasteiger partial charge in [-0.2, -0.15) is 0 Å². The minimum Gasteiger partial charge on any atom is -0.341 e. The van der Waals surface area contributed by atoms with Gasteiger partial charge in [0, 0.05) is 31.2 Å². The van der Waals surface area contributed by atoms with E-state index in [0.717, 1.165) is 51.6 Å². The second-order valence-corrected chi connectivity index (χ2v) is 9.68. The van der Waals surface area contributed by atoms with E-state index in [-0.39, 0.29) is 22.8 Å². The standard InChI is InChI=1S/C20H27N3O4S/c24-19(15-6-5-7-17(14-15)28(26,27)21-16-9-10-16)23-13-2-1-8-18(23)20(25)22-11-3-4-12-22/h5-7,14,16,18,21H,1-4,8-13H2. The van der Waals surface area contributed by atoms with Gasteiger partial charge in [0.1, 0.15) is 6.04 Å². The van der Waals surface area contributed by atoms with Crippen LogP contribution in [0, 0.1) is 0 Å². The van der Waals surface area contributed by atoms with E-state index in [1.54, 1.807) is 17.0 Å². The van der Waals surface area contributed by atoms with Gasteiger partial charge in [0.15, 0.2) is 0 Å². The SMILES string of the molecule is O=C(C1CCCCN1C(=O)c1cccc(S(=O)(=O)NC2CC2)c1)N1CCCC1. The van der Waals surface area contributed by atoms with Gasteiger partial charge in [-0.1, -0.05) is 6.07 Å². The summed E-state index contributed by atoms with van der Waals surface area (Å²) in [4.78, 5) is 29.7. The molecule has 0 aromatic heterocycles. The normalized spacial score (nSPS) is 23.1. The molecule has 1 aromatic rings. The van der Waals surface area contributed by atoms with E-state index in [1.165, 1.54) is 12.1 Å². The molecule has 8 heteroatoms. The predicted molar refractivity (Wildman–Crippen MR) is 104 cm³/mol. The van der Waals surface area contributed by atoms with Crippen molar-refractivity contribution in [3.63, 3.8) is 0 Å². The molecule has 3 fully saturated rings. The van der Waals surface area contributed by atoms with Crippen molar-refractivity contribution < 1.29 is 18.0 Å². The third-order valence-electron chi connectivity index (χ3n) is 5.76. The lowest BCUT2D eigenvalue weighted by Gasteiger charge is -2.36. The Morgan fingerprint density at radius 1 is 0.964 bits per heavy atom. The highest BCUT2D eigenvalue weighted by Crippen LogP contribution is 2.25. The molecule has 2 heterocycles. The first-order valence-electron chi connectivity index (χ1n) is 10.2. The number of benzene rings is 1. The molecule has 0 spiro atoms. The van der Waals surface area contributed by atoms with Crippen LogP contribution >= 0.6 is 0 Å². The first-order valence-corrected chi connectivity index (χ1v) is 11.7. The predicted octanol–water partition coefficient (Wildman–Crippen LogP) is 1.74. The lowest BCUT2D eigenvalue weighted by atomic mass is 9.99. The topological polar surface area (TPSA) is 86.8 Å². The Labute approximate surface area is 166 Å². The summed E-state index contributed by atoms with van der Waals surface area (Å²) in [5.74, 6) is -0.231.